The topological polar surface area (TPSA) is 70.3 Å². The van der Waals surface area contributed by atoms with Gasteiger partial charge in [0.05, 0.1) is 6.54 Å². The molecule has 0 bridgehead atoms. The smallest absolute Gasteiger partial charge is 0.190 e. The minimum atomic E-state index is -1.22. The summed E-state index contributed by atoms with van der Waals surface area (Å²) in [6, 6.07) is 10.6. The maximum absolute atomic E-state index is 13.9. The Morgan fingerprint density at radius 2 is 1.81 bits per heavy atom. The van der Waals surface area contributed by atoms with Gasteiger partial charge >= 0.3 is 0 Å². The first kappa shape index (κ1) is 15.9. The monoisotopic (exact) mass is 353 g/mol. The van der Waals surface area contributed by atoms with E-state index < -0.39 is 17.5 Å². The Kier molecular flexibility index (Phi) is 3.69. The molecule has 0 aliphatic carbocycles. The average molecular weight is 353 g/mol. The van der Waals surface area contributed by atoms with E-state index in [0.717, 1.165) is 17.0 Å². The third kappa shape index (κ3) is 2.59. The van der Waals surface area contributed by atoms with Crippen molar-refractivity contribution in [3.05, 3.63) is 71.3 Å². The van der Waals surface area contributed by atoms with E-state index in [1.165, 1.54) is 0 Å². The van der Waals surface area contributed by atoms with Gasteiger partial charge in [0.2, 0.25) is 0 Å². The summed E-state index contributed by atoms with van der Waals surface area (Å²) in [4.78, 5) is 0. The largest absolute Gasteiger partial charge is 0.343 e. The van der Waals surface area contributed by atoms with Crippen molar-refractivity contribution in [1.29, 1.82) is 5.26 Å². The predicted octanol–water partition coefficient (Wildman–Crippen LogP) is 3.76. The molecular weight excluding hydrogens is 343 g/mol. The molecule has 5 nitrogen and oxygen atoms in total. The maximum atomic E-state index is 13.9. The number of fused-ring (bicyclic) bond motifs is 1. The lowest BCUT2D eigenvalue weighted by Crippen LogP contribution is -2.02. The molecular formula is C18H10F3N5. The van der Waals surface area contributed by atoms with Crippen LogP contribution < -0.4 is 0 Å². The highest BCUT2D eigenvalue weighted by atomic mass is 19.2. The van der Waals surface area contributed by atoms with Crippen molar-refractivity contribution >= 4 is 10.9 Å². The number of aromatic amines is 1. The highest BCUT2D eigenvalue weighted by Crippen LogP contribution is 2.26. The molecule has 0 saturated carbocycles. The lowest BCUT2D eigenvalue weighted by Gasteiger charge is -2.08. The number of nitrogens with zero attached hydrogens (tertiary/aromatic N) is 4. The average Bonchev–Trinajstić information content (AvgIpc) is 3.26. The van der Waals surface area contributed by atoms with Crippen LogP contribution in [0.2, 0.25) is 0 Å². The molecule has 4 rings (SSSR count). The molecule has 8 heteroatoms. The molecule has 0 fully saturated rings. The second-order valence-electron chi connectivity index (χ2n) is 5.71. The Morgan fingerprint density at radius 1 is 1.00 bits per heavy atom. The zero-order valence-corrected chi connectivity index (χ0v) is 13.2. The molecule has 0 aliphatic heterocycles. The van der Waals surface area contributed by atoms with Gasteiger partial charge in [-0.1, -0.05) is 12.1 Å². The van der Waals surface area contributed by atoms with Crippen LogP contribution in [0.1, 0.15) is 11.3 Å². The number of hydrogen-bond donors (Lipinski definition) is 1. The Hall–Kier alpha value is -3.60. The first-order chi connectivity index (χ1) is 12.6. The highest BCUT2D eigenvalue weighted by Gasteiger charge is 2.14. The summed E-state index contributed by atoms with van der Waals surface area (Å²) in [5, 5.41) is 20.1. The van der Waals surface area contributed by atoms with Crippen molar-refractivity contribution in [2.75, 3.05) is 0 Å². The lowest BCUT2D eigenvalue weighted by molar-refractivity contribution is 0.488. The fourth-order valence-corrected chi connectivity index (χ4v) is 2.85. The summed E-state index contributed by atoms with van der Waals surface area (Å²) in [5.41, 5.74) is 1.99. The van der Waals surface area contributed by atoms with Gasteiger partial charge < -0.3 is 4.57 Å². The number of nitrogens with one attached hydrogen (secondary N) is 1. The van der Waals surface area contributed by atoms with Crippen LogP contribution in [-0.4, -0.2) is 20.0 Å². The number of nitriles is 1. The van der Waals surface area contributed by atoms with E-state index in [-0.39, 0.29) is 17.8 Å². The highest BCUT2D eigenvalue weighted by molar-refractivity contribution is 5.85. The minimum absolute atomic E-state index is 0.0277. The standard InChI is InChI=1S/C18H10F3N5/c19-13-7-15(21)14(20)5-12(13)9-26-4-3-10-1-2-11(6-17(10)26)18-16(8-22)23-25-24-18/h1-7H,9H2,(H,23,24,25). The number of H-pyrrole nitrogens is 1. The van der Waals surface area contributed by atoms with Crippen molar-refractivity contribution in [2.24, 2.45) is 0 Å². The SMILES string of the molecule is N#Cc1n[nH]nc1-c1ccc2ccn(Cc3cc(F)c(F)cc3F)c2c1. The number of aromatic nitrogens is 4. The first-order valence-electron chi connectivity index (χ1n) is 7.60. The molecule has 0 spiro atoms. The Labute approximate surface area is 145 Å². The van der Waals surface area contributed by atoms with Crippen molar-refractivity contribution in [2.45, 2.75) is 6.54 Å². The number of hydrogen-bond acceptors (Lipinski definition) is 3. The molecule has 2 aromatic heterocycles. The van der Waals surface area contributed by atoms with Gasteiger partial charge in [-0.3, -0.25) is 0 Å². The molecule has 2 heterocycles. The van der Waals surface area contributed by atoms with Crippen LogP contribution in [0.3, 0.4) is 0 Å². The zero-order chi connectivity index (χ0) is 18.3. The summed E-state index contributed by atoms with van der Waals surface area (Å²) in [5.74, 6) is -3.13. The number of rotatable bonds is 3. The number of halogens is 3. The zero-order valence-electron chi connectivity index (χ0n) is 13.2. The molecule has 128 valence electrons. The summed E-state index contributed by atoms with van der Waals surface area (Å²) in [6.45, 7) is 0.0277. The summed E-state index contributed by atoms with van der Waals surface area (Å²) < 4.78 is 42.2. The summed E-state index contributed by atoms with van der Waals surface area (Å²) >= 11 is 0. The molecule has 0 atom stereocenters. The molecule has 0 unspecified atom stereocenters. The van der Waals surface area contributed by atoms with Crippen molar-refractivity contribution < 1.29 is 13.2 Å². The quantitative estimate of drug-likeness (QED) is 0.570. The predicted molar refractivity (Wildman–Crippen MR) is 87.4 cm³/mol. The van der Waals surface area contributed by atoms with Gasteiger partial charge in [0.1, 0.15) is 17.6 Å². The summed E-state index contributed by atoms with van der Waals surface area (Å²) in [7, 11) is 0. The van der Waals surface area contributed by atoms with Crippen molar-refractivity contribution in [3.8, 4) is 17.3 Å². The molecule has 0 saturated heterocycles. The fourth-order valence-electron chi connectivity index (χ4n) is 2.85. The van der Waals surface area contributed by atoms with Crippen LogP contribution in [0.5, 0.6) is 0 Å². The minimum Gasteiger partial charge on any atom is -0.343 e. The van der Waals surface area contributed by atoms with E-state index in [4.69, 9.17) is 5.26 Å². The van der Waals surface area contributed by atoms with E-state index in [9.17, 15) is 13.2 Å². The van der Waals surface area contributed by atoms with Gasteiger partial charge in [-0.2, -0.15) is 15.6 Å². The van der Waals surface area contributed by atoms with E-state index in [1.54, 1.807) is 22.9 Å². The van der Waals surface area contributed by atoms with E-state index in [0.29, 0.717) is 17.3 Å². The van der Waals surface area contributed by atoms with Crippen LogP contribution in [0.15, 0.2) is 42.6 Å². The van der Waals surface area contributed by atoms with Gasteiger partial charge in [-0.25, -0.2) is 13.2 Å². The fraction of sp³-hybridized carbons (Fsp3) is 0.0556. The van der Waals surface area contributed by atoms with Gasteiger partial charge in [-0.05, 0) is 23.6 Å². The van der Waals surface area contributed by atoms with Crippen LogP contribution in [0.25, 0.3) is 22.2 Å². The van der Waals surface area contributed by atoms with Crippen LogP contribution in [-0.2, 0) is 6.54 Å². The van der Waals surface area contributed by atoms with E-state index in [2.05, 4.69) is 15.4 Å². The van der Waals surface area contributed by atoms with Gasteiger partial charge in [0.15, 0.2) is 17.3 Å². The summed E-state index contributed by atoms with van der Waals surface area (Å²) in [6.07, 6.45) is 1.73. The normalized spacial score (nSPS) is 11.0. The van der Waals surface area contributed by atoms with Crippen molar-refractivity contribution in [1.82, 2.24) is 20.0 Å². The molecule has 0 amide bonds. The van der Waals surface area contributed by atoms with E-state index in [1.807, 2.05) is 18.2 Å². The molecule has 0 aliphatic rings. The third-order valence-electron chi connectivity index (χ3n) is 4.13. The molecule has 2 aromatic carbocycles. The molecule has 26 heavy (non-hydrogen) atoms. The van der Waals surface area contributed by atoms with Gasteiger partial charge in [0.25, 0.3) is 0 Å². The Morgan fingerprint density at radius 3 is 2.62 bits per heavy atom. The molecule has 0 radical (unpaired) electrons. The first-order valence-corrected chi connectivity index (χ1v) is 7.60. The maximum Gasteiger partial charge on any atom is 0.190 e. The van der Waals surface area contributed by atoms with Crippen LogP contribution in [0, 0.1) is 28.8 Å². The second-order valence-corrected chi connectivity index (χ2v) is 5.71. The lowest BCUT2D eigenvalue weighted by atomic mass is 10.1. The Balaban J connectivity index is 1.79. The van der Waals surface area contributed by atoms with Gasteiger partial charge in [-0.15, -0.1) is 5.10 Å². The van der Waals surface area contributed by atoms with Crippen LogP contribution >= 0.6 is 0 Å². The molecule has 4 aromatic rings. The second kappa shape index (κ2) is 6.04. The van der Waals surface area contributed by atoms with Crippen molar-refractivity contribution in [3.63, 3.8) is 0 Å². The van der Waals surface area contributed by atoms with Gasteiger partial charge in [0, 0.05) is 28.9 Å². The number of benzene rings is 2. The van der Waals surface area contributed by atoms with E-state index >= 15 is 0 Å². The third-order valence-corrected chi connectivity index (χ3v) is 4.13. The molecule has 1 N–H and O–H groups in total. The van der Waals surface area contributed by atoms with Crippen LogP contribution in [0.4, 0.5) is 13.2 Å². The Bertz CT molecular complexity index is 1170.